The van der Waals surface area contributed by atoms with Gasteiger partial charge < -0.3 is 5.73 Å². The maximum atomic E-state index is 6.21. The van der Waals surface area contributed by atoms with E-state index in [9.17, 15) is 0 Å². The second kappa shape index (κ2) is 5.15. The van der Waals surface area contributed by atoms with Crippen LogP contribution in [0.4, 0.5) is 0 Å². The largest absolute Gasteiger partial charge is 0.326 e. The fourth-order valence-electron chi connectivity index (χ4n) is 2.61. The first kappa shape index (κ1) is 13.2. The Balaban J connectivity index is 2.36. The van der Waals surface area contributed by atoms with Gasteiger partial charge in [-0.15, -0.1) is 0 Å². The summed E-state index contributed by atoms with van der Waals surface area (Å²) in [7, 11) is 0. The van der Waals surface area contributed by atoms with Gasteiger partial charge in [-0.1, -0.05) is 23.2 Å². The molecule has 4 heteroatoms. The van der Waals surface area contributed by atoms with Crippen LogP contribution < -0.4 is 5.73 Å². The number of halogens is 2. The summed E-state index contributed by atoms with van der Waals surface area (Å²) in [6, 6.07) is 6.56. The second-order valence-electron chi connectivity index (χ2n) is 4.93. The van der Waals surface area contributed by atoms with Crippen LogP contribution in [-0.4, -0.2) is 23.5 Å². The topological polar surface area (TPSA) is 29.3 Å². The molecule has 1 heterocycles. The predicted octanol–water partition coefficient (Wildman–Crippen LogP) is 3.48. The summed E-state index contributed by atoms with van der Waals surface area (Å²) in [5.74, 6) is 0. The summed E-state index contributed by atoms with van der Waals surface area (Å²) in [5, 5.41) is 1.35. The zero-order valence-corrected chi connectivity index (χ0v) is 11.7. The van der Waals surface area contributed by atoms with Gasteiger partial charge >= 0.3 is 0 Å². The monoisotopic (exact) mass is 272 g/mol. The van der Waals surface area contributed by atoms with Crippen LogP contribution in [0.2, 0.25) is 10.0 Å². The Kier molecular flexibility index (Phi) is 3.99. The van der Waals surface area contributed by atoms with Crippen LogP contribution in [0.25, 0.3) is 0 Å². The van der Waals surface area contributed by atoms with Crippen molar-refractivity contribution in [1.29, 1.82) is 0 Å². The summed E-state index contributed by atoms with van der Waals surface area (Å²) in [6.45, 7) is 5.42. The SMILES string of the molecule is CC(C)N1CCC(N)C1c1cc(Cl)cc(Cl)c1. The molecule has 1 fully saturated rings. The fraction of sp³-hybridized carbons (Fsp3) is 0.538. The highest BCUT2D eigenvalue weighted by Gasteiger charge is 2.34. The summed E-state index contributed by atoms with van der Waals surface area (Å²) in [6.07, 6.45) is 1.02. The maximum absolute atomic E-state index is 6.21. The Morgan fingerprint density at radius 1 is 1.24 bits per heavy atom. The van der Waals surface area contributed by atoms with Crippen molar-refractivity contribution in [2.45, 2.75) is 38.4 Å². The summed E-state index contributed by atoms with van der Waals surface area (Å²) in [5.41, 5.74) is 7.34. The minimum absolute atomic E-state index is 0.159. The molecule has 2 rings (SSSR count). The molecule has 1 aromatic rings. The van der Waals surface area contributed by atoms with Crippen LogP contribution in [0, 0.1) is 0 Å². The molecule has 17 heavy (non-hydrogen) atoms. The predicted molar refractivity (Wildman–Crippen MR) is 73.6 cm³/mol. The summed E-state index contributed by atoms with van der Waals surface area (Å²) >= 11 is 12.1. The maximum Gasteiger partial charge on any atom is 0.0503 e. The van der Waals surface area contributed by atoms with Gasteiger partial charge in [0.2, 0.25) is 0 Å². The quantitative estimate of drug-likeness (QED) is 0.893. The number of likely N-dealkylation sites (tertiary alicyclic amines) is 1. The van der Waals surface area contributed by atoms with E-state index in [-0.39, 0.29) is 12.1 Å². The number of hydrogen-bond donors (Lipinski definition) is 1. The highest BCUT2D eigenvalue weighted by Crippen LogP contribution is 2.35. The molecular weight excluding hydrogens is 255 g/mol. The number of benzene rings is 1. The molecule has 0 amide bonds. The van der Waals surface area contributed by atoms with Crippen LogP contribution >= 0.6 is 23.2 Å². The zero-order valence-electron chi connectivity index (χ0n) is 10.2. The van der Waals surface area contributed by atoms with Crippen molar-refractivity contribution >= 4 is 23.2 Å². The van der Waals surface area contributed by atoms with Crippen molar-refractivity contribution in [3.8, 4) is 0 Å². The molecular formula is C13H18Cl2N2. The Labute approximate surface area is 113 Å². The molecule has 1 saturated heterocycles. The zero-order chi connectivity index (χ0) is 12.6. The van der Waals surface area contributed by atoms with Crippen molar-refractivity contribution in [2.24, 2.45) is 5.73 Å². The van der Waals surface area contributed by atoms with Gasteiger partial charge in [-0.3, -0.25) is 4.90 Å². The molecule has 2 N–H and O–H groups in total. The Bertz CT molecular complexity index is 386. The summed E-state index contributed by atoms with van der Waals surface area (Å²) in [4.78, 5) is 2.41. The minimum Gasteiger partial charge on any atom is -0.326 e. The van der Waals surface area contributed by atoms with E-state index >= 15 is 0 Å². The van der Waals surface area contributed by atoms with Crippen molar-refractivity contribution < 1.29 is 0 Å². The molecule has 2 unspecified atom stereocenters. The van der Waals surface area contributed by atoms with Crippen LogP contribution in [0.15, 0.2) is 18.2 Å². The van der Waals surface area contributed by atoms with Crippen molar-refractivity contribution in [2.75, 3.05) is 6.54 Å². The normalized spacial score (nSPS) is 25.8. The van der Waals surface area contributed by atoms with E-state index in [1.165, 1.54) is 0 Å². The van der Waals surface area contributed by atoms with Gasteiger partial charge in [0.15, 0.2) is 0 Å². The lowest BCUT2D eigenvalue weighted by atomic mass is 10.00. The number of nitrogens with zero attached hydrogens (tertiary/aromatic N) is 1. The lowest BCUT2D eigenvalue weighted by molar-refractivity contribution is 0.198. The molecule has 1 aliphatic rings. The lowest BCUT2D eigenvalue weighted by Gasteiger charge is -2.30. The molecule has 0 radical (unpaired) electrons. The van der Waals surface area contributed by atoms with Gasteiger partial charge in [0, 0.05) is 28.7 Å². The van der Waals surface area contributed by atoms with Crippen molar-refractivity contribution in [3.05, 3.63) is 33.8 Å². The van der Waals surface area contributed by atoms with Gasteiger partial charge in [-0.05, 0) is 44.0 Å². The third kappa shape index (κ3) is 2.76. The van der Waals surface area contributed by atoms with Crippen LogP contribution in [0.3, 0.4) is 0 Å². The van der Waals surface area contributed by atoms with Crippen molar-refractivity contribution in [1.82, 2.24) is 4.90 Å². The standard InChI is InChI=1S/C13H18Cl2N2/c1-8(2)17-4-3-12(16)13(17)9-5-10(14)7-11(15)6-9/h5-8,12-13H,3-4,16H2,1-2H3. The van der Waals surface area contributed by atoms with Crippen LogP contribution in [0.1, 0.15) is 31.9 Å². The Hall–Kier alpha value is -0.280. The number of rotatable bonds is 2. The molecule has 2 nitrogen and oxygen atoms in total. The van der Waals surface area contributed by atoms with E-state index in [1.54, 1.807) is 6.07 Å². The highest BCUT2D eigenvalue weighted by atomic mass is 35.5. The van der Waals surface area contributed by atoms with E-state index in [0.717, 1.165) is 18.5 Å². The first-order chi connectivity index (χ1) is 7.99. The first-order valence-corrected chi connectivity index (χ1v) is 6.72. The average molecular weight is 273 g/mol. The lowest BCUT2D eigenvalue weighted by Crippen LogP contribution is -2.35. The molecule has 0 saturated carbocycles. The molecule has 2 atom stereocenters. The van der Waals surface area contributed by atoms with Crippen LogP contribution in [-0.2, 0) is 0 Å². The smallest absolute Gasteiger partial charge is 0.0503 e. The van der Waals surface area contributed by atoms with Crippen LogP contribution in [0.5, 0.6) is 0 Å². The van der Waals surface area contributed by atoms with E-state index < -0.39 is 0 Å². The van der Waals surface area contributed by atoms with Gasteiger partial charge in [0.25, 0.3) is 0 Å². The molecule has 0 aliphatic carbocycles. The molecule has 1 aliphatic heterocycles. The van der Waals surface area contributed by atoms with E-state index in [0.29, 0.717) is 16.1 Å². The molecule has 0 spiro atoms. The highest BCUT2D eigenvalue weighted by molar-refractivity contribution is 6.34. The van der Waals surface area contributed by atoms with Gasteiger partial charge in [-0.2, -0.15) is 0 Å². The average Bonchev–Trinajstić information content (AvgIpc) is 2.58. The van der Waals surface area contributed by atoms with E-state index in [4.69, 9.17) is 28.9 Å². The fourth-order valence-corrected chi connectivity index (χ4v) is 3.15. The minimum atomic E-state index is 0.159. The van der Waals surface area contributed by atoms with E-state index in [2.05, 4.69) is 18.7 Å². The van der Waals surface area contributed by atoms with E-state index in [1.807, 2.05) is 12.1 Å². The number of hydrogen-bond acceptors (Lipinski definition) is 2. The van der Waals surface area contributed by atoms with Gasteiger partial charge in [0.05, 0.1) is 6.04 Å². The second-order valence-corrected chi connectivity index (χ2v) is 5.80. The number of nitrogens with two attached hydrogens (primary N) is 1. The van der Waals surface area contributed by atoms with Crippen molar-refractivity contribution in [3.63, 3.8) is 0 Å². The Morgan fingerprint density at radius 3 is 2.35 bits per heavy atom. The molecule has 0 aromatic heterocycles. The molecule has 0 bridgehead atoms. The van der Waals surface area contributed by atoms with Gasteiger partial charge in [-0.25, -0.2) is 0 Å². The third-order valence-corrected chi connectivity index (χ3v) is 3.81. The third-order valence-electron chi connectivity index (χ3n) is 3.37. The Morgan fingerprint density at radius 2 is 1.82 bits per heavy atom. The summed E-state index contributed by atoms with van der Waals surface area (Å²) < 4.78 is 0. The molecule has 94 valence electrons. The molecule has 1 aromatic carbocycles. The van der Waals surface area contributed by atoms with Gasteiger partial charge in [0.1, 0.15) is 0 Å². The first-order valence-electron chi connectivity index (χ1n) is 5.96.